The second-order valence-electron chi connectivity index (χ2n) is 4.86. The van der Waals surface area contributed by atoms with E-state index < -0.39 is 5.82 Å². The molecule has 108 valence electrons. The van der Waals surface area contributed by atoms with Crippen LogP contribution in [0.3, 0.4) is 0 Å². The van der Waals surface area contributed by atoms with Gasteiger partial charge in [0.1, 0.15) is 17.6 Å². The van der Waals surface area contributed by atoms with Gasteiger partial charge in [-0.15, -0.1) is 0 Å². The van der Waals surface area contributed by atoms with Gasteiger partial charge in [-0.25, -0.2) is 4.39 Å². The van der Waals surface area contributed by atoms with Gasteiger partial charge in [0.15, 0.2) is 0 Å². The monoisotopic (exact) mass is 284 g/mol. The highest BCUT2D eigenvalue weighted by atomic mass is 19.1. The summed E-state index contributed by atoms with van der Waals surface area (Å²) in [5, 5.41) is 12.3. The van der Waals surface area contributed by atoms with Crippen LogP contribution in [-0.2, 0) is 6.42 Å². The molecule has 0 amide bonds. The molecule has 0 bridgehead atoms. The minimum atomic E-state index is -0.408. The van der Waals surface area contributed by atoms with Crippen LogP contribution >= 0.6 is 0 Å². The molecule has 0 radical (unpaired) electrons. The van der Waals surface area contributed by atoms with Gasteiger partial charge < -0.3 is 10.1 Å². The van der Waals surface area contributed by atoms with Crippen molar-refractivity contribution >= 4 is 5.69 Å². The Morgan fingerprint density at radius 1 is 1.29 bits per heavy atom. The summed E-state index contributed by atoms with van der Waals surface area (Å²) in [5.41, 5.74) is 2.03. The fraction of sp³-hybridized carbons (Fsp3) is 0.235. The molecular formula is C17H17FN2O. The first-order chi connectivity index (χ1) is 10.1. The third-order valence-electron chi connectivity index (χ3n) is 3.22. The summed E-state index contributed by atoms with van der Waals surface area (Å²) in [6.45, 7) is 2.01. The minimum absolute atomic E-state index is 0.0823. The van der Waals surface area contributed by atoms with Crippen molar-refractivity contribution in [2.24, 2.45) is 0 Å². The number of nitriles is 1. The molecule has 0 saturated heterocycles. The molecule has 3 nitrogen and oxygen atoms in total. The number of ether oxygens (including phenoxy) is 1. The average Bonchev–Trinajstić information content (AvgIpc) is 2.49. The highest BCUT2D eigenvalue weighted by Crippen LogP contribution is 2.22. The molecule has 0 spiro atoms. The number of nitrogens with zero attached hydrogens (tertiary/aromatic N) is 1. The molecule has 0 aliphatic carbocycles. The zero-order chi connectivity index (χ0) is 15.2. The van der Waals surface area contributed by atoms with Gasteiger partial charge in [-0.05, 0) is 43.2 Å². The van der Waals surface area contributed by atoms with Crippen molar-refractivity contribution in [2.75, 3.05) is 12.4 Å². The van der Waals surface area contributed by atoms with Crippen LogP contribution in [0.1, 0.15) is 18.1 Å². The number of para-hydroxylation sites is 1. The Bertz CT molecular complexity index is 664. The number of halogens is 1. The van der Waals surface area contributed by atoms with E-state index in [0.29, 0.717) is 11.3 Å². The first-order valence-electron chi connectivity index (χ1n) is 6.72. The second kappa shape index (κ2) is 6.76. The van der Waals surface area contributed by atoms with Crippen molar-refractivity contribution < 1.29 is 9.13 Å². The Hall–Kier alpha value is -2.54. The van der Waals surface area contributed by atoms with Crippen molar-refractivity contribution in [1.82, 2.24) is 0 Å². The van der Waals surface area contributed by atoms with Gasteiger partial charge in [-0.3, -0.25) is 0 Å². The Labute approximate surface area is 124 Å². The number of rotatable bonds is 5. The van der Waals surface area contributed by atoms with Crippen LogP contribution in [0.15, 0.2) is 42.5 Å². The number of anilines is 1. The fourth-order valence-corrected chi connectivity index (χ4v) is 2.25. The van der Waals surface area contributed by atoms with Gasteiger partial charge in [-0.1, -0.05) is 18.2 Å². The number of hydrogen-bond acceptors (Lipinski definition) is 3. The van der Waals surface area contributed by atoms with Crippen molar-refractivity contribution in [3.8, 4) is 11.8 Å². The maximum absolute atomic E-state index is 13.1. The Balaban J connectivity index is 2.12. The predicted molar refractivity (Wildman–Crippen MR) is 80.9 cm³/mol. The van der Waals surface area contributed by atoms with E-state index in [9.17, 15) is 4.39 Å². The maximum atomic E-state index is 13.1. The number of methoxy groups -OCH3 is 1. The summed E-state index contributed by atoms with van der Waals surface area (Å²) in [6, 6.07) is 14.1. The Morgan fingerprint density at radius 2 is 2.05 bits per heavy atom. The molecule has 4 heteroatoms. The molecule has 2 rings (SSSR count). The van der Waals surface area contributed by atoms with Gasteiger partial charge in [0.25, 0.3) is 0 Å². The molecule has 1 atom stereocenters. The van der Waals surface area contributed by atoms with E-state index in [1.54, 1.807) is 13.2 Å². The van der Waals surface area contributed by atoms with Gasteiger partial charge in [0.2, 0.25) is 0 Å². The summed E-state index contributed by atoms with van der Waals surface area (Å²) in [4.78, 5) is 0. The summed E-state index contributed by atoms with van der Waals surface area (Å²) in [6.07, 6.45) is 0.742. The minimum Gasteiger partial charge on any atom is -0.496 e. The highest BCUT2D eigenvalue weighted by molar-refractivity contribution is 5.58. The number of hydrogen-bond donors (Lipinski definition) is 1. The summed E-state index contributed by atoms with van der Waals surface area (Å²) >= 11 is 0. The number of nitrogens with one attached hydrogen (secondary N) is 1. The van der Waals surface area contributed by atoms with Gasteiger partial charge in [0, 0.05) is 6.04 Å². The van der Waals surface area contributed by atoms with E-state index in [2.05, 4.69) is 5.32 Å². The zero-order valence-corrected chi connectivity index (χ0v) is 12.1. The van der Waals surface area contributed by atoms with Crippen LogP contribution < -0.4 is 10.1 Å². The molecule has 0 aliphatic heterocycles. The largest absolute Gasteiger partial charge is 0.496 e. The first-order valence-corrected chi connectivity index (χ1v) is 6.72. The standard InChI is InChI=1S/C17H17FN2O/c1-12(9-13-5-3-4-6-17(13)21-2)20-16-8-7-15(18)10-14(16)11-19/h3-8,10,12,20H,9H2,1-2H3. The molecule has 0 aromatic heterocycles. The van der Waals surface area contributed by atoms with Crippen molar-refractivity contribution in [3.05, 3.63) is 59.4 Å². The summed E-state index contributed by atoms with van der Waals surface area (Å²) < 4.78 is 18.4. The van der Waals surface area contributed by atoms with Crippen LogP contribution in [0, 0.1) is 17.1 Å². The Kier molecular flexibility index (Phi) is 4.78. The molecule has 1 N–H and O–H groups in total. The zero-order valence-electron chi connectivity index (χ0n) is 12.1. The summed E-state index contributed by atoms with van der Waals surface area (Å²) in [5.74, 6) is 0.431. The third kappa shape index (κ3) is 3.73. The first kappa shape index (κ1) is 14.9. The van der Waals surface area contributed by atoms with Crippen LogP contribution in [0.5, 0.6) is 5.75 Å². The third-order valence-corrected chi connectivity index (χ3v) is 3.22. The van der Waals surface area contributed by atoms with Crippen LogP contribution in [-0.4, -0.2) is 13.2 Å². The molecule has 21 heavy (non-hydrogen) atoms. The van der Waals surface area contributed by atoms with Crippen molar-refractivity contribution in [1.29, 1.82) is 5.26 Å². The maximum Gasteiger partial charge on any atom is 0.124 e. The lowest BCUT2D eigenvalue weighted by Gasteiger charge is -2.17. The van der Waals surface area contributed by atoms with Crippen LogP contribution in [0.25, 0.3) is 0 Å². The quantitative estimate of drug-likeness (QED) is 0.909. The molecule has 0 aliphatic rings. The summed E-state index contributed by atoms with van der Waals surface area (Å²) in [7, 11) is 1.64. The molecule has 2 aromatic carbocycles. The number of benzene rings is 2. The Morgan fingerprint density at radius 3 is 2.76 bits per heavy atom. The van der Waals surface area contributed by atoms with E-state index in [-0.39, 0.29) is 6.04 Å². The SMILES string of the molecule is COc1ccccc1CC(C)Nc1ccc(F)cc1C#N. The van der Waals surface area contributed by atoms with Crippen molar-refractivity contribution in [3.63, 3.8) is 0 Å². The topological polar surface area (TPSA) is 45.0 Å². The van der Waals surface area contributed by atoms with E-state index in [4.69, 9.17) is 10.00 Å². The average molecular weight is 284 g/mol. The van der Waals surface area contributed by atoms with Gasteiger partial charge >= 0.3 is 0 Å². The van der Waals surface area contributed by atoms with E-state index in [0.717, 1.165) is 17.7 Å². The lowest BCUT2D eigenvalue weighted by molar-refractivity contribution is 0.409. The lowest BCUT2D eigenvalue weighted by atomic mass is 10.1. The van der Waals surface area contributed by atoms with Crippen LogP contribution in [0.4, 0.5) is 10.1 Å². The molecule has 0 fully saturated rings. The van der Waals surface area contributed by atoms with Gasteiger partial charge in [0.05, 0.1) is 18.4 Å². The smallest absolute Gasteiger partial charge is 0.124 e. The molecule has 1 unspecified atom stereocenters. The van der Waals surface area contributed by atoms with Crippen molar-refractivity contribution in [2.45, 2.75) is 19.4 Å². The lowest BCUT2D eigenvalue weighted by Crippen LogP contribution is -2.19. The van der Waals surface area contributed by atoms with E-state index >= 15 is 0 Å². The van der Waals surface area contributed by atoms with E-state index in [1.807, 2.05) is 37.3 Å². The fourth-order valence-electron chi connectivity index (χ4n) is 2.25. The molecule has 0 saturated carbocycles. The normalized spacial score (nSPS) is 11.5. The van der Waals surface area contributed by atoms with Gasteiger partial charge in [-0.2, -0.15) is 5.26 Å². The molecule has 2 aromatic rings. The molecular weight excluding hydrogens is 267 g/mol. The highest BCUT2D eigenvalue weighted by Gasteiger charge is 2.10. The van der Waals surface area contributed by atoms with E-state index in [1.165, 1.54) is 12.1 Å². The molecule has 0 heterocycles. The second-order valence-corrected chi connectivity index (χ2v) is 4.86. The van der Waals surface area contributed by atoms with Crippen LogP contribution in [0.2, 0.25) is 0 Å². The predicted octanol–water partition coefficient (Wildman–Crippen LogP) is 3.75.